The Morgan fingerprint density at radius 1 is 0.214 bits per heavy atom. The van der Waals surface area contributed by atoms with Crippen LogP contribution in [0.2, 0.25) is 0 Å². The van der Waals surface area contributed by atoms with Gasteiger partial charge in [-0.05, 0) is 344 Å². The molecule has 0 aliphatic heterocycles. The molecular weight excluding hydrogens is 1420 g/mol. The maximum absolute atomic E-state index is 7.77. The zero-order valence-electron chi connectivity index (χ0n) is 85.6. The molecule has 0 radical (unpaired) electrons. The Morgan fingerprint density at radius 3 is 0.667 bits per heavy atom. The third kappa shape index (κ3) is 18.0. The molecule has 15 rings (SSSR count). The normalized spacial score (nSPS) is 19.4. The van der Waals surface area contributed by atoms with Crippen LogP contribution in [-0.4, -0.2) is 0 Å². The molecule has 10 aromatic rings. The molecule has 0 atom stereocenters. The molecule has 0 saturated heterocycles. The number of rotatable bonds is 5. The summed E-state index contributed by atoms with van der Waals surface area (Å²) in [5.41, 5.74) is 43.0. The molecule has 0 unspecified atom stereocenters. The molecule has 5 heterocycles. The number of aromatic nitrogens is 5. The molecule has 0 bridgehead atoms. The van der Waals surface area contributed by atoms with Crippen LogP contribution in [0.3, 0.4) is 0 Å². The molecule has 117 heavy (non-hydrogen) atoms. The molecule has 5 nitrogen and oxygen atoms in total. The standard InChI is InChI=1S/3C23H32N.C22H30N.C21H28N/c3*1-15-12-21(24(8)14-17(15)3)18-13-20-19(11-16(18)2)22(4,5)9-10-23(20,6)7;1-15-8-9-20(23(7)14-15)17-13-19-18(12-16(17)2)21(3,4)10-11-22(19,5)6;1-15-13-17-18(21(4,5)11-10-20(17,2)3)14-16(15)19-9-7-8-12-22(19)6/h3*11-14H,9-10H2,1-8H3;8-9,12-14H,10-11H2,1-7H3;7-9,12-14H,10-11H2,1-6H3/q5*+1/i2*3D3;;;. The number of hydrogen-bond acceptors (Lipinski definition) is 0. The lowest BCUT2D eigenvalue weighted by Crippen LogP contribution is -2.35. The van der Waals surface area contributed by atoms with E-state index >= 15 is 0 Å². The molecule has 622 valence electrons. The van der Waals surface area contributed by atoms with E-state index in [9.17, 15) is 0 Å². The number of hydrogen-bond donors (Lipinski definition) is 0. The van der Waals surface area contributed by atoms with Crippen molar-refractivity contribution in [3.05, 3.63) is 263 Å². The highest BCUT2D eigenvalue weighted by Crippen LogP contribution is 2.53. The lowest BCUT2D eigenvalue weighted by Gasteiger charge is -2.42. The van der Waals surface area contributed by atoms with E-state index in [1.54, 1.807) is 29.1 Å². The topological polar surface area (TPSA) is 19.4 Å². The summed E-state index contributed by atoms with van der Waals surface area (Å²) in [5.74, 6) is 0. The van der Waals surface area contributed by atoms with Crippen LogP contribution in [0.25, 0.3) is 56.3 Å². The second-order valence-electron chi connectivity index (χ2n) is 43.7. The lowest BCUT2D eigenvalue weighted by molar-refractivity contribution is -0.660. The highest BCUT2D eigenvalue weighted by Gasteiger charge is 2.44. The molecule has 5 aliphatic carbocycles. The van der Waals surface area contributed by atoms with Crippen LogP contribution in [0.5, 0.6) is 0 Å². The number of aryl methyl sites for hydroxylation is 17. The Bertz CT molecular complexity index is 5590. The van der Waals surface area contributed by atoms with Gasteiger partial charge in [0.2, 0.25) is 28.5 Å². The van der Waals surface area contributed by atoms with Gasteiger partial charge in [-0.2, -0.15) is 0 Å². The third-order valence-corrected chi connectivity index (χ3v) is 29.4. The molecule has 5 aromatic heterocycles. The van der Waals surface area contributed by atoms with Crippen LogP contribution in [-0.2, 0) is 89.4 Å². The molecule has 0 amide bonds. The van der Waals surface area contributed by atoms with Gasteiger partial charge in [-0.1, -0.05) is 169 Å². The van der Waals surface area contributed by atoms with Crippen LogP contribution in [0.15, 0.2) is 140 Å². The van der Waals surface area contributed by atoms with Gasteiger partial charge in [0.15, 0.2) is 31.0 Å². The van der Waals surface area contributed by atoms with Gasteiger partial charge in [-0.25, -0.2) is 22.8 Å². The summed E-state index contributed by atoms with van der Waals surface area (Å²) in [6.45, 7) is 64.7. The monoisotopic (exact) mass is 1580 g/mol. The van der Waals surface area contributed by atoms with E-state index in [4.69, 9.17) is 8.22 Å². The Morgan fingerprint density at radius 2 is 0.427 bits per heavy atom. The van der Waals surface area contributed by atoms with Crippen molar-refractivity contribution < 1.29 is 31.1 Å². The van der Waals surface area contributed by atoms with Gasteiger partial charge in [0.1, 0.15) is 35.2 Å². The van der Waals surface area contributed by atoms with E-state index in [1.807, 2.05) is 49.2 Å². The van der Waals surface area contributed by atoms with Gasteiger partial charge in [-0.15, -0.1) is 0 Å². The van der Waals surface area contributed by atoms with Gasteiger partial charge in [-0.3, -0.25) is 0 Å². The van der Waals surface area contributed by atoms with Crippen LogP contribution in [0.4, 0.5) is 0 Å². The Hall–Kier alpha value is -8.15. The highest BCUT2D eigenvalue weighted by molar-refractivity contribution is 5.71. The lowest BCUT2D eigenvalue weighted by atomic mass is 9.62. The molecule has 5 aromatic carbocycles. The van der Waals surface area contributed by atoms with Crippen LogP contribution >= 0.6 is 0 Å². The summed E-state index contributed by atoms with van der Waals surface area (Å²) in [5, 5.41) is 0. The first-order valence-corrected chi connectivity index (χ1v) is 44.0. The summed E-state index contributed by atoms with van der Waals surface area (Å²) >= 11 is 0. The van der Waals surface area contributed by atoms with Gasteiger partial charge in [0.25, 0.3) is 0 Å². The first-order chi connectivity index (χ1) is 56.3. The summed E-state index contributed by atoms with van der Waals surface area (Å²) in [7, 11) is 10.3. The molecule has 0 spiro atoms. The van der Waals surface area contributed by atoms with Gasteiger partial charge in [0, 0.05) is 94.7 Å². The minimum atomic E-state index is -2.09. The smallest absolute Gasteiger partial charge is 0.201 e. The number of nitrogens with zero attached hydrogens (tertiary/aromatic N) is 5. The SMILES string of the molecule is Cc1cc(-c2cc3c(cc2C)C(C)(C)CCC3(C)C)[n+](C)cc1C.Cc1cc2c(cc1-c1cccc[n+]1C)C(C)(C)CCC2(C)C.Cc1ccc(-c2cc3c(cc2C)C(C)(C)CCC3(C)C)[n+](C)c1.[2H]C([2H])([2H])c1c[n+](C)c(-c2cc3c(cc2C)C(C)(C)CCC3(C)C)cc1C.[2H]C([2H])([2H])c1c[n+](C)c(-c2cc3c(cc2C)C(C)(C)CCC3(C)C)cc1C. The zero-order chi connectivity index (χ0) is 91.7. The van der Waals surface area contributed by atoms with Crippen molar-refractivity contribution in [2.24, 2.45) is 35.2 Å². The van der Waals surface area contributed by atoms with Crippen molar-refractivity contribution in [3.63, 3.8) is 0 Å². The summed E-state index contributed by atoms with van der Waals surface area (Å²) in [6.07, 6.45) is 22.5. The van der Waals surface area contributed by atoms with Crippen molar-refractivity contribution >= 4 is 0 Å². The number of benzene rings is 5. The van der Waals surface area contributed by atoms with E-state index in [0.717, 1.165) is 22.5 Å². The van der Waals surface area contributed by atoms with Crippen molar-refractivity contribution in [2.45, 2.75) is 340 Å². The minimum Gasteiger partial charge on any atom is -0.201 e. The minimum absolute atomic E-state index is 0.152. The predicted octanol–water partition coefficient (Wildman–Crippen LogP) is 26.3. The fourth-order valence-corrected chi connectivity index (χ4v) is 20.0. The fourth-order valence-electron chi connectivity index (χ4n) is 20.0. The van der Waals surface area contributed by atoms with Crippen LogP contribution in [0, 0.1) is 82.9 Å². The predicted molar refractivity (Wildman–Crippen MR) is 499 cm³/mol. The quantitative estimate of drug-likeness (QED) is 0.153. The average Bonchev–Trinajstić information content (AvgIpc) is 0.759. The molecule has 0 saturated carbocycles. The largest absolute Gasteiger partial charge is 0.212 e. The van der Waals surface area contributed by atoms with Crippen molar-refractivity contribution in [2.75, 3.05) is 0 Å². The van der Waals surface area contributed by atoms with E-state index in [2.05, 4.69) is 344 Å². The summed E-state index contributed by atoms with van der Waals surface area (Å²) < 4.78 is 57.3. The Kier molecular flexibility index (Phi) is 22.3. The second kappa shape index (κ2) is 32.1. The summed E-state index contributed by atoms with van der Waals surface area (Å²) in [4.78, 5) is 0. The first kappa shape index (κ1) is 81.2. The van der Waals surface area contributed by atoms with E-state index < -0.39 is 13.7 Å². The highest BCUT2D eigenvalue weighted by atomic mass is 14.9. The molecule has 0 fully saturated rings. The maximum Gasteiger partial charge on any atom is 0.212 e. The number of pyridine rings is 5. The van der Waals surface area contributed by atoms with Gasteiger partial charge >= 0.3 is 0 Å². The molecule has 5 heteroatoms. The zero-order valence-corrected chi connectivity index (χ0v) is 79.6. The third-order valence-electron chi connectivity index (χ3n) is 29.4. The van der Waals surface area contributed by atoms with Crippen LogP contribution in [0.1, 0.15) is 333 Å². The summed E-state index contributed by atoms with van der Waals surface area (Å²) in [6, 6.07) is 41.5. The van der Waals surface area contributed by atoms with Crippen LogP contribution < -0.4 is 22.8 Å². The number of fused-ring (bicyclic) bond motifs is 5. The second-order valence-corrected chi connectivity index (χ2v) is 43.7. The fraction of sp³-hybridized carbons (Fsp3) is 0.509. The van der Waals surface area contributed by atoms with Gasteiger partial charge < -0.3 is 0 Å². The van der Waals surface area contributed by atoms with E-state index in [1.165, 1.54) is 193 Å². The first-order valence-electron chi connectivity index (χ1n) is 47.0. The van der Waals surface area contributed by atoms with E-state index in [0.29, 0.717) is 11.1 Å². The van der Waals surface area contributed by atoms with Crippen molar-refractivity contribution in [3.8, 4) is 56.3 Å². The Balaban J connectivity index is 0.000000150. The molecule has 5 aliphatic rings. The maximum atomic E-state index is 7.77. The van der Waals surface area contributed by atoms with E-state index in [-0.39, 0.29) is 54.1 Å². The van der Waals surface area contributed by atoms with Crippen molar-refractivity contribution in [1.82, 2.24) is 0 Å². The molecular formula is C112H154N5+5. The van der Waals surface area contributed by atoms with Crippen molar-refractivity contribution in [1.29, 1.82) is 0 Å². The Labute approximate surface area is 720 Å². The average molecular weight is 1580 g/mol. The van der Waals surface area contributed by atoms with Gasteiger partial charge in [0.05, 0.1) is 0 Å². The molecule has 0 N–H and O–H groups in total.